The van der Waals surface area contributed by atoms with Gasteiger partial charge in [0, 0.05) is 7.11 Å². The fraction of sp³-hybridized carbons (Fsp3) is 0.467. The number of ether oxygens (including phenoxy) is 3. The third-order valence-electron chi connectivity index (χ3n) is 2.71. The van der Waals surface area contributed by atoms with Gasteiger partial charge in [0.05, 0.1) is 17.7 Å². The van der Waals surface area contributed by atoms with E-state index in [2.05, 4.69) is 15.9 Å². The third kappa shape index (κ3) is 4.76. The Bertz CT molecular complexity index is 526. The summed E-state index contributed by atoms with van der Waals surface area (Å²) in [5.41, 5.74) is 1.75. The topological polar surface area (TPSA) is 27.7 Å². The van der Waals surface area contributed by atoms with Crippen LogP contribution in [-0.2, 0) is 9.47 Å². The van der Waals surface area contributed by atoms with Crippen molar-refractivity contribution in [3.63, 3.8) is 0 Å². The van der Waals surface area contributed by atoms with Crippen LogP contribution >= 0.6 is 15.9 Å². The SMILES string of the molecule is COCCOCOc1c(F)c(F)c(C)c(C=C(C)C)c1Br. The van der Waals surface area contributed by atoms with Crippen LogP contribution in [0.5, 0.6) is 5.75 Å². The summed E-state index contributed by atoms with van der Waals surface area (Å²) >= 11 is 3.27. The zero-order chi connectivity index (χ0) is 16.0. The lowest BCUT2D eigenvalue weighted by Gasteiger charge is -2.15. The molecule has 0 aliphatic rings. The van der Waals surface area contributed by atoms with E-state index in [9.17, 15) is 8.78 Å². The number of hydrogen-bond donors (Lipinski definition) is 0. The van der Waals surface area contributed by atoms with Crippen LogP contribution in [0.2, 0.25) is 0 Å². The molecule has 0 amide bonds. The van der Waals surface area contributed by atoms with Crippen LogP contribution < -0.4 is 4.74 Å². The number of allylic oxidation sites excluding steroid dienone is 1. The minimum atomic E-state index is -1.03. The van der Waals surface area contributed by atoms with Crippen LogP contribution in [0.25, 0.3) is 6.08 Å². The van der Waals surface area contributed by atoms with Gasteiger partial charge in [-0.15, -0.1) is 0 Å². The Hall–Kier alpha value is -0.980. The van der Waals surface area contributed by atoms with Gasteiger partial charge in [-0.25, -0.2) is 4.39 Å². The Balaban J connectivity index is 3.03. The molecule has 3 nitrogen and oxygen atoms in total. The molecule has 0 spiro atoms. The summed E-state index contributed by atoms with van der Waals surface area (Å²) in [5, 5.41) is 0. The van der Waals surface area contributed by atoms with E-state index in [1.807, 2.05) is 13.8 Å². The van der Waals surface area contributed by atoms with Gasteiger partial charge in [0.15, 0.2) is 18.4 Å². The lowest BCUT2D eigenvalue weighted by atomic mass is 10.0. The van der Waals surface area contributed by atoms with Crippen molar-refractivity contribution in [2.45, 2.75) is 20.8 Å². The standard InChI is InChI=1S/C15H19BrF2O3/c1-9(2)7-11-10(3)13(17)14(18)15(12(11)16)21-8-20-6-5-19-4/h7H,5-6,8H2,1-4H3. The molecule has 0 radical (unpaired) electrons. The van der Waals surface area contributed by atoms with Gasteiger partial charge in [-0.05, 0) is 47.8 Å². The van der Waals surface area contributed by atoms with E-state index < -0.39 is 11.6 Å². The minimum absolute atomic E-state index is 0.185. The molecule has 0 saturated heterocycles. The molecule has 0 aromatic heterocycles. The highest BCUT2D eigenvalue weighted by atomic mass is 79.9. The van der Waals surface area contributed by atoms with E-state index in [0.717, 1.165) is 5.57 Å². The first-order chi connectivity index (χ1) is 9.90. The van der Waals surface area contributed by atoms with Crippen molar-refractivity contribution in [1.29, 1.82) is 0 Å². The Kier molecular flexibility index (Phi) is 7.28. The average Bonchev–Trinajstić information content (AvgIpc) is 2.44. The fourth-order valence-corrected chi connectivity index (χ4v) is 2.35. The molecule has 0 unspecified atom stereocenters. The molecule has 21 heavy (non-hydrogen) atoms. The molecule has 0 aliphatic heterocycles. The summed E-state index contributed by atoms with van der Waals surface area (Å²) in [6.45, 7) is 5.80. The Morgan fingerprint density at radius 2 is 1.86 bits per heavy atom. The summed E-state index contributed by atoms with van der Waals surface area (Å²) in [5.74, 6) is -2.14. The van der Waals surface area contributed by atoms with Crippen LogP contribution in [0.3, 0.4) is 0 Å². The van der Waals surface area contributed by atoms with E-state index >= 15 is 0 Å². The van der Waals surface area contributed by atoms with E-state index in [4.69, 9.17) is 14.2 Å². The Labute approximate surface area is 132 Å². The van der Waals surface area contributed by atoms with E-state index in [1.54, 1.807) is 13.2 Å². The molecule has 0 N–H and O–H groups in total. The predicted octanol–water partition coefficient (Wildman–Crippen LogP) is 4.46. The molecule has 0 heterocycles. The first-order valence-corrected chi connectivity index (χ1v) is 7.20. The summed E-state index contributed by atoms with van der Waals surface area (Å²) < 4.78 is 43.4. The van der Waals surface area contributed by atoms with Crippen molar-refractivity contribution in [3.05, 3.63) is 32.8 Å². The fourth-order valence-electron chi connectivity index (χ4n) is 1.65. The monoisotopic (exact) mass is 364 g/mol. The maximum Gasteiger partial charge on any atom is 0.202 e. The van der Waals surface area contributed by atoms with Crippen LogP contribution in [0.1, 0.15) is 25.0 Å². The number of rotatable bonds is 7. The maximum absolute atomic E-state index is 14.0. The minimum Gasteiger partial charge on any atom is -0.463 e. The first-order valence-electron chi connectivity index (χ1n) is 6.41. The molecule has 118 valence electrons. The normalized spacial score (nSPS) is 10.6. The van der Waals surface area contributed by atoms with Crippen LogP contribution in [0.4, 0.5) is 8.78 Å². The Morgan fingerprint density at radius 1 is 1.19 bits per heavy atom. The van der Waals surface area contributed by atoms with E-state index in [0.29, 0.717) is 23.2 Å². The molecule has 0 bridgehead atoms. The zero-order valence-electron chi connectivity index (χ0n) is 12.6. The quantitative estimate of drug-likeness (QED) is 0.406. The van der Waals surface area contributed by atoms with Crippen LogP contribution in [-0.4, -0.2) is 27.1 Å². The molecular weight excluding hydrogens is 346 g/mol. The second-order valence-corrected chi connectivity index (χ2v) is 5.49. The van der Waals surface area contributed by atoms with Gasteiger partial charge in [-0.1, -0.05) is 11.6 Å². The van der Waals surface area contributed by atoms with Gasteiger partial charge < -0.3 is 14.2 Å². The maximum atomic E-state index is 14.0. The summed E-state index contributed by atoms with van der Waals surface area (Å²) in [4.78, 5) is 0. The molecule has 0 aliphatic carbocycles. The molecular formula is C15H19BrF2O3. The van der Waals surface area contributed by atoms with Gasteiger partial charge >= 0.3 is 0 Å². The third-order valence-corrected chi connectivity index (χ3v) is 3.50. The number of methoxy groups -OCH3 is 1. The molecule has 1 aromatic carbocycles. The Morgan fingerprint density at radius 3 is 2.43 bits per heavy atom. The van der Waals surface area contributed by atoms with Crippen molar-refractivity contribution in [1.82, 2.24) is 0 Å². The van der Waals surface area contributed by atoms with Crippen LogP contribution in [0.15, 0.2) is 10.0 Å². The second-order valence-electron chi connectivity index (χ2n) is 4.69. The molecule has 1 aromatic rings. The van der Waals surface area contributed by atoms with Crippen molar-refractivity contribution >= 4 is 22.0 Å². The van der Waals surface area contributed by atoms with Crippen molar-refractivity contribution in [2.75, 3.05) is 27.1 Å². The highest BCUT2D eigenvalue weighted by molar-refractivity contribution is 9.10. The smallest absolute Gasteiger partial charge is 0.202 e. The van der Waals surface area contributed by atoms with Gasteiger partial charge in [-0.3, -0.25) is 0 Å². The van der Waals surface area contributed by atoms with E-state index in [-0.39, 0.29) is 18.1 Å². The van der Waals surface area contributed by atoms with Gasteiger partial charge in [0.1, 0.15) is 0 Å². The number of benzene rings is 1. The molecule has 0 saturated carbocycles. The summed E-state index contributed by atoms with van der Waals surface area (Å²) in [6.07, 6.45) is 1.76. The van der Waals surface area contributed by atoms with Gasteiger partial charge in [0.2, 0.25) is 5.82 Å². The first kappa shape index (κ1) is 18.1. The largest absolute Gasteiger partial charge is 0.463 e. The summed E-state index contributed by atoms with van der Waals surface area (Å²) in [6, 6.07) is 0. The molecule has 0 atom stereocenters. The van der Waals surface area contributed by atoms with Gasteiger partial charge in [0.25, 0.3) is 0 Å². The lowest BCUT2D eigenvalue weighted by Crippen LogP contribution is -2.10. The van der Waals surface area contributed by atoms with E-state index in [1.165, 1.54) is 6.92 Å². The number of halogens is 3. The number of hydrogen-bond acceptors (Lipinski definition) is 3. The molecule has 1 rings (SSSR count). The van der Waals surface area contributed by atoms with Crippen LogP contribution in [0, 0.1) is 18.6 Å². The molecule has 6 heteroatoms. The second kappa shape index (κ2) is 8.46. The highest BCUT2D eigenvalue weighted by Gasteiger charge is 2.21. The van der Waals surface area contributed by atoms with Gasteiger partial charge in [-0.2, -0.15) is 4.39 Å². The average molecular weight is 365 g/mol. The molecule has 0 fully saturated rings. The van der Waals surface area contributed by atoms with Crippen molar-refractivity contribution < 1.29 is 23.0 Å². The zero-order valence-corrected chi connectivity index (χ0v) is 14.1. The van der Waals surface area contributed by atoms with Crippen molar-refractivity contribution in [2.24, 2.45) is 0 Å². The van der Waals surface area contributed by atoms with Crippen molar-refractivity contribution in [3.8, 4) is 5.75 Å². The lowest BCUT2D eigenvalue weighted by molar-refractivity contribution is -0.0107. The highest BCUT2D eigenvalue weighted by Crippen LogP contribution is 2.37. The predicted molar refractivity (Wildman–Crippen MR) is 81.4 cm³/mol. The summed E-state index contributed by atoms with van der Waals surface area (Å²) in [7, 11) is 1.54.